The number of nitrogens with one attached hydrogen (secondary N) is 2. The Balaban J connectivity index is 1.32. The van der Waals surface area contributed by atoms with Gasteiger partial charge in [-0.2, -0.15) is 0 Å². The first-order valence-corrected chi connectivity index (χ1v) is 9.59. The molecule has 2 amide bonds. The third kappa shape index (κ3) is 4.27. The van der Waals surface area contributed by atoms with Crippen LogP contribution in [0.25, 0.3) is 0 Å². The SMILES string of the molecule is COC(=O)c1ccccc1NC(=O)N1CC[NH+](Cc2ccc3c(c2)OCO3)CC1. The lowest BCUT2D eigenvalue weighted by Gasteiger charge is -2.32. The van der Waals surface area contributed by atoms with Gasteiger partial charge in [0.2, 0.25) is 6.79 Å². The number of quaternary nitrogens is 1. The number of anilines is 1. The Hall–Kier alpha value is -3.26. The van der Waals surface area contributed by atoms with Crippen LogP contribution in [-0.4, -0.2) is 57.0 Å². The number of benzene rings is 2. The van der Waals surface area contributed by atoms with E-state index < -0.39 is 5.97 Å². The topological polar surface area (TPSA) is 81.5 Å². The summed E-state index contributed by atoms with van der Waals surface area (Å²) in [6.45, 7) is 4.13. The van der Waals surface area contributed by atoms with Gasteiger partial charge in [0.1, 0.15) is 6.54 Å². The van der Waals surface area contributed by atoms with Gasteiger partial charge in [-0.15, -0.1) is 0 Å². The number of urea groups is 1. The van der Waals surface area contributed by atoms with E-state index >= 15 is 0 Å². The molecule has 2 aromatic carbocycles. The van der Waals surface area contributed by atoms with Crippen LogP contribution in [0, 0.1) is 0 Å². The van der Waals surface area contributed by atoms with Crippen LogP contribution in [-0.2, 0) is 11.3 Å². The number of ether oxygens (including phenoxy) is 3. The molecule has 8 nitrogen and oxygen atoms in total. The number of hydrogen-bond acceptors (Lipinski definition) is 5. The van der Waals surface area contributed by atoms with Crippen LogP contribution in [0.3, 0.4) is 0 Å². The number of fused-ring (bicyclic) bond motifs is 1. The number of hydrogen-bond donors (Lipinski definition) is 2. The normalized spacial score (nSPS) is 15.8. The van der Waals surface area contributed by atoms with E-state index in [0.717, 1.165) is 31.1 Å². The summed E-state index contributed by atoms with van der Waals surface area (Å²) in [7, 11) is 1.32. The molecule has 0 spiro atoms. The zero-order valence-electron chi connectivity index (χ0n) is 16.3. The molecule has 2 aliphatic rings. The Kier molecular flexibility index (Phi) is 5.53. The van der Waals surface area contributed by atoms with Crippen LogP contribution in [0.2, 0.25) is 0 Å². The van der Waals surface area contributed by atoms with Gasteiger partial charge in [-0.25, -0.2) is 9.59 Å². The highest BCUT2D eigenvalue weighted by Crippen LogP contribution is 2.32. The summed E-state index contributed by atoms with van der Waals surface area (Å²) in [5, 5.41) is 2.83. The number of carbonyl (C=O) groups is 2. The largest absolute Gasteiger partial charge is 0.465 e. The molecule has 0 saturated carbocycles. The number of para-hydroxylation sites is 1. The third-order valence-electron chi connectivity index (χ3n) is 5.22. The molecule has 0 atom stereocenters. The molecule has 0 aromatic heterocycles. The second-order valence-corrected chi connectivity index (χ2v) is 7.07. The predicted molar refractivity (Wildman–Crippen MR) is 105 cm³/mol. The lowest BCUT2D eigenvalue weighted by atomic mass is 10.1. The molecule has 1 saturated heterocycles. The summed E-state index contributed by atoms with van der Waals surface area (Å²) >= 11 is 0. The molecule has 2 heterocycles. The molecule has 0 bridgehead atoms. The average molecular weight is 398 g/mol. The Labute approximate surface area is 168 Å². The first kappa shape index (κ1) is 19.1. The van der Waals surface area contributed by atoms with Gasteiger partial charge in [0, 0.05) is 5.56 Å². The fourth-order valence-corrected chi connectivity index (χ4v) is 3.62. The zero-order valence-corrected chi connectivity index (χ0v) is 16.3. The number of methoxy groups -OCH3 is 1. The van der Waals surface area contributed by atoms with Crippen LogP contribution < -0.4 is 19.7 Å². The predicted octanol–water partition coefficient (Wildman–Crippen LogP) is 1.13. The third-order valence-corrected chi connectivity index (χ3v) is 5.22. The van der Waals surface area contributed by atoms with Crippen molar-refractivity contribution in [1.29, 1.82) is 0 Å². The molecular formula is C21H24N3O5+. The molecule has 2 aliphatic heterocycles. The Morgan fingerprint density at radius 3 is 2.66 bits per heavy atom. The van der Waals surface area contributed by atoms with E-state index in [-0.39, 0.29) is 12.8 Å². The van der Waals surface area contributed by atoms with Crippen LogP contribution in [0.4, 0.5) is 10.5 Å². The quantitative estimate of drug-likeness (QED) is 0.755. The molecule has 4 rings (SSSR count). The lowest BCUT2D eigenvalue weighted by Crippen LogP contribution is -3.13. The second kappa shape index (κ2) is 8.40. The Morgan fingerprint density at radius 1 is 1.10 bits per heavy atom. The van der Waals surface area contributed by atoms with E-state index in [1.807, 2.05) is 12.1 Å². The highest BCUT2D eigenvalue weighted by Gasteiger charge is 2.25. The van der Waals surface area contributed by atoms with Gasteiger partial charge < -0.3 is 29.3 Å². The standard InChI is InChI=1S/C21H23N3O5/c1-27-20(25)16-4-2-3-5-17(16)22-21(26)24-10-8-23(9-11-24)13-15-6-7-18-19(12-15)29-14-28-18/h2-7,12H,8-11,13-14H2,1H3,(H,22,26)/p+1. The number of nitrogens with zero attached hydrogens (tertiary/aromatic N) is 1. The van der Waals surface area contributed by atoms with E-state index in [1.54, 1.807) is 29.2 Å². The molecule has 2 aromatic rings. The smallest absolute Gasteiger partial charge is 0.339 e. The van der Waals surface area contributed by atoms with Crippen molar-refractivity contribution >= 4 is 17.7 Å². The summed E-state index contributed by atoms with van der Waals surface area (Å²) in [6, 6.07) is 12.7. The fourth-order valence-electron chi connectivity index (χ4n) is 3.62. The summed E-state index contributed by atoms with van der Waals surface area (Å²) in [6.07, 6.45) is 0. The highest BCUT2D eigenvalue weighted by atomic mass is 16.7. The van der Waals surface area contributed by atoms with E-state index in [0.29, 0.717) is 24.3 Å². The van der Waals surface area contributed by atoms with Crippen molar-refractivity contribution in [3.63, 3.8) is 0 Å². The minimum absolute atomic E-state index is 0.205. The van der Waals surface area contributed by atoms with E-state index in [4.69, 9.17) is 14.2 Å². The average Bonchev–Trinajstić information content (AvgIpc) is 3.22. The van der Waals surface area contributed by atoms with Crippen molar-refractivity contribution in [2.45, 2.75) is 6.54 Å². The van der Waals surface area contributed by atoms with Gasteiger partial charge in [-0.05, 0) is 30.3 Å². The first-order valence-electron chi connectivity index (χ1n) is 9.59. The van der Waals surface area contributed by atoms with Crippen molar-refractivity contribution < 1.29 is 28.7 Å². The number of rotatable bonds is 4. The monoisotopic (exact) mass is 398 g/mol. The van der Waals surface area contributed by atoms with E-state index in [1.165, 1.54) is 17.6 Å². The summed E-state index contributed by atoms with van der Waals surface area (Å²) in [4.78, 5) is 27.7. The zero-order chi connectivity index (χ0) is 20.2. The van der Waals surface area contributed by atoms with Crippen molar-refractivity contribution in [1.82, 2.24) is 4.90 Å². The molecule has 152 valence electrons. The summed E-state index contributed by atoms with van der Waals surface area (Å²) in [5.74, 6) is 1.11. The molecule has 0 aliphatic carbocycles. The van der Waals surface area contributed by atoms with Crippen LogP contribution in [0.5, 0.6) is 11.5 Å². The van der Waals surface area contributed by atoms with Crippen molar-refractivity contribution in [3.8, 4) is 11.5 Å². The van der Waals surface area contributed by atoms with Gasteiger partial charge in [0.05, 0.1) is 44.5 Å². The van der Waals surface area contributed by atoms with Gasteiger partial charge >= 0.3 is 12.0 Å². The van der Waals surface area contributed by atoms with Crippen LogP contribution in [0.15, 0.2) is 42.5 Å². The highest BCUT2D eigenvalue weighted by molar-refractivity contribution is 6.00. The second-order valence-electron chi connectivity index (χ2n) is 7.07. The molecule has 0 radical (unpaired) electrons. The molecule has 8 heteroatoms. The van der Waals surface area contributed by atoms with Gasteiger partial charge in [-0.3, -0.25) is 0 Å². The number of carbonyl (C=O) groups excluding carboxylic acids is 2. The maximum Gasteiger partial charge on any atom is 0.339 e. The lowest BCUT2D eigenvalue weighted by molar-refractivity contribution is -0.917. The number of esters is 1. The van der Waals surface area contributed by atoms with Gasteiger partial charge in [-0.1, -0.05) is 12.1 Å². The van der Waals surface area contributed by atoms with Crippen molar-refractivity contribution in [2.24, 2.45) is 0 Å². The molecule has 2 N–H and O–H groups in total. The van der Waals surface area contributed by atoms with Crippen molar-refractivity contribution in [2.75, 3.05) is 45.4 Å². The van der Waals surface area contributed by atoms with Crippen LogP contribution in [0.1, 0.15) is 15.9 Å². The van der Waals surface area contributed by atoms with E-state index in [2.05, 4.69) is 11.4 Å². The van der Waals surface area contributed by atoms with Gasteiger partial charge in [0.25, 0.3) is 0 Å². The minimum Gasteiger partial charge on any atom is -0.465 e. The summed E-state index contributed by atoms with van der Waals surface area (Å²) < 4.78 is 15.6. The number of amides is 2. The van der Waals surface area contributed by atoms with Crippen molar-refractivity contribution in [3.05, 3.63) is 53.6 Å². The number of piperazine rings is 1. The first-order chi connectivity index (χ1) is 14.1. The molecular weight excluding hydrogens is 374 g/mol. The summed E-state index contributed by atoms with van der Waals surface area (Å²) in [5.41, 5.74) is 1.99. The Morgan fingerprint density at radius 2 is 1.86 bits per heavy atom. The molecule has 1 fully saturated rings. The molecule has 0 unspecified atom stereocenters. The Bertz CT molecular complexity index is 909. The van der Waals surface area contributed by atoms with Crippen LogP contribution >= 0.6 is 0 Å². The maximum absolute atomic E-state index is 12.6. The maximum atomic E-state index is 12.6. The van der Waals surface area contributed by atoms with E-state index in [9.17, 15) is 9.59 Å². The van der Waals surface area contributed by atoms with Gasteiger partial charge in [0.15, 0.2) is 11.5 Å². The molecule has 29 heavy (non-hydrogen) atoms. The fraction of sp³-hybridized carbons (Fsp3) is 0.333. The minimum atomic E-state index is -0.473.